The molecule has 33 heavy (non-hydrogen) atoms. The Morgan fingerprint density at radius 1 is 1.15 bits per heavy atom. The van der Waals surface area contributed by atoms with Gasteiger partial charge < -0.3 is 20.1 Å². The van der Waals surface area contributed by atoms with Gasteiger partial charge >= 0.3 is 6.18 Å². The molecule has 4 rings (SSSR count). The number of anilines is 2. The first kappa shape index (κ1) is 22.5. The Morgan fingerprint density at radius 3 is 2.52 bits per heavy atom. The summed E-state index contributed by atoms with van der Waals surface area (Å²) in [4.78, 5) is 13.1. The molecule has 1 aliphatic heterocycles. The number of halogens is 3. The number of benzene rings is 2. The van der Waals surface area contributed by atoms with Crippen molar-refractivity contribution in [1.82, 2.24) is 9.78 Å². The van der Waals surface area contributed by atoms with Crippen LogP contribution in [0.3, 0.4) is 0 Å². The van der Waals surface area contributed by atoms with Crippen LogP contribution in [0.4, 0.5) is 24.7 Å². The Kier molecular flexibility index (Phi) is 5.92. The number of carbonyl (C=O) groups excluding carboxylic acids is 1. The van der Waals surface area contributed by atoms with Crippen LogP contribution in [0, 0.1) is 6.92 Å². The highest BCUT2D eigenvalue weighted by Gasteiger charge is 2.47. The number of fused-ring (bicyclic) bond motifs is 1. The summed E-state index contributed by atoms with van der Waals surface area (Å²) in [5, 5.41) is 9.67. The van der Waals surface area contributed by atoms with Crippen molar-refractivity contribution in [1.29, 1.82) is 0 Å². The first-order valence-corrected chi connectivity index (χ1v) is 10.2. The van der Waals surface area contributed by atoms with Crippen molar-refractivity contribution in [3.8, 4) is 11.5 Å². The molecule has 0 fully saturated rings. The van der Waals surface area contributed by atoms with Crippen molar-refractivity contribution in [3.05, 3.63) is 65.4 Å². The van der Waals surface area contributed by atoms with Gasteiger partial charge in [0.05, 0.1) is 32.1 Å². The molecule has 1 aromatic heterocycles. The third-order valence-corrected chi connectivity index (χ3v) is 5.62. The van der Waals surface area contributed by atoms with Gasteiger partial charge in [-0.25, -0.2) is 4.68 Å². The van der Waals surface area contributed by atoms with E-state index in [1.165, 1.54) is 14.2 Å². The quantitative estimate of drug-likeness (QED) is 0.553. The molecule has 0 bridgehead atoms. The third kappa shape index (κ3) is 4.46. The molecule has 1 aliphatic rings. The van der Waals surface area contributed by atoms with Crippen LogP contribution in [0.15, 0.2) is 48.7 Å². The first-order valence-electron chi connectivity index (χ1n) is 10.2. The molecular weight excluding hydrogens is 437 g/mol. The minimum absolute atomic E-state index is 0.00788. The molecule has 0 unspecified atom stereocenters. The van der Waals surface area contributed by atoms with Crippen molar-refractivity contribution in [3.63, 3.8) is 0 Å². The number of methoxy groups -OCH3 is 2. The van der Waals surface area contributed by atoms with Gasteiger partial charge in [0.15, 0.2) is 6.04 Å². The summed E-state index contributed by atoms with van der Waals surface area (Å²) in [5.74, 6) is 0.246. The number of hydrogen-bond donors (Lipinski definition) is 2. The van der Waals surface area contributed by atoms with E-state index in [9.17, 15) is 18.0 Å². The van der Waals surface area contributed by atoms with Crippen LogP contribution in [0.25, 0.3) is 0 Å². The zero-order valence-electron chi connectivity index (χ0n) is 18.2. The molecule has 0 aliphatic carbocycles. The highest BCUT2D eigenvalue weighted by Crippen LogP contribution is 2.44. The third-order valence-electron chi connectivity index (χ3n) is 5.62. The minimum Gasteiger partial charge on any atom is -0.497 e. The molecule has 2 N–H and O–H groups in total. The van der Waals surface area contributed by atoms with Gasteiger partial charge in [0.1, 0.15) is 22.9 Å². The second-order valence-corrected chi connectivity index (χ2v) is 7.77. The standard InChI is InChI=1S/C23H23F3N4O3/c1-13-4-6-14(7-5-13)17-11-20(23(24,25)26)30-21(28-17)16(12-27-30)22(31)29-18-10-15(32-2)8-9-19(18)33-3/h4-10,12,17,20,28H,11H2,1-3H3,(H,29,31)/t17-,20+/m1/s1. The molecule has 1 amide bonds. The fourth-order valence-electron chi connectivity index (χ4n) is 3.85. The fraction of sp³-hybridized carbons (Fsp3) is 0.304. The van der Waals surface area contributed by atoms with E-state index in [0.29, 0.717) is 22.7 Å². The van der Waals surface area contributed by atoms with Gasteiger partial charge in [0.25, 0.3) is 5.91 Å². The van der Waals surface area contributed by atoms with Crippen LogP contribution in [-0.4, -0.2) is 36.1 Å². The van der Waals surface area contributed by atoms with Crippen LogP contribution in [0.2, 0.25) is 0 Å². The summed E-state index contributed by atoms with van der Waals surface area (Å²) in [5.41, 5.74) is 2.01. The number of amides is 1. The van der Waals surface area contributed by atoms with Crippen molar-refractivity contribution in [2.45, 2.75) is 31.6 Å². The van der Waals surface area contributed by atoms with Crippen molar-refractivity contribution in [2.24, 2.45) is 0 Å². The van der Waals surface area contributed by atoms with E-state index in [4.69, 9.17) is 9.47 Å². The van der Waals surface area contributed by atoms with E-state index in [1.807, 2.05) is 19.1 Å². The summed E-state index contributed by atoms with van der Waals surface area (Å²) in [6, 6.07) is 9.59. The van der Waals surface area contributed by atoms with E-state index >= 15 is 0 Å². The lowest BCUT2D eigenvalue weighted by Gasteiger charge is -2.34. The van der Waals surface area contributed by atoms with Gasteiger partial charge in [-0.2, -0.15) is 18.3 Å². The number of rotatable bonds is 5. The van der Waals surface area contributed by atoms with Crippen LogP contribution < -0.4 is 20.1 Å². The summed E-state index contributed by atoms with van der Waals surface area (Å²) < 4.78 is 53.0. The van der Waals surface area contributed by atoms with Gasteiger partial charge in [0.2, 0.25) is 0 Å². The van der Waals surface area contributed by atoms with Gasteiger partial charge in [-0.15, -0.1) is 0 Å². The highest BCUT2D eigenvalue weighted by molar-refractivity contribution is 6.08. The largest absolute Gasteiger partial charge is 0.497 e. The molecule has 3 aromatic rings. The molecule has 7 nitrogen and oxygen atoms in total. The van der Waals surface area contributed by atoms with Gasteiger partial charge in [-0.05, 0) is 24.6 Å². The molecule has 2 aromatic carbocycles. The lowest BCUT2D eigenvalue weighted by molar-refractivity contribution is -0.173. The zero-order chi connectivity index (χ0) is 23.8. The second-order valence-electron chi connectivity index (χ2n) is 7.77. The Labute approximate surface area is 188 Å². The Morgan fingerprint density at radius 2 is 1.88 bits per heavy atom. The number of hydrogen-bond acceptors (Lipinski definition) is 5. The van der Waals surface area contributed by atoms with Crippen molar-refractivity contribution >= 4 is 17.4 Å². The highest BCUT2D eigenvalue weighted by atomic mass is 19.4. The summed E-state index contributed by atoms with van der Waals surface area (Å²) >= 11 is 0. The molecule has 0 saturated heterocycles. The molecule has 0 saturated carbocycles. The first-order chi connectivity index (χ1) is 15.7. The summed E-state index contributed by atoms with van der Waals surface area (Å²) in [7, 11) is 2.93. The maximum Gasteiger partial charge on any atom is 0.410 e. The lowest BCUT2D eigenvalue weighted by Crippen LogP contribution is -2.36. The summed E-state index contributed by atoms with van der Waals surface area (Å²) in [6.07, 6.45) is -3.64. The topological polar surface area (TPSA) is 77.4 Å². The van der Waals surface area contributed by atoms with Gasteiger partial charge in [0, 0.05) is 12.5 Å². The fourth-order valence-corrected chi connectivity index (χ4v) is 3.85. The molecule has 0 spiro atoms. The van der Waals surface area contributed by atoms with Gasteiger partial charge in [-0.1, -0.05) is 29.8 Å². The normalized spacial score (nSPS) is 17.6. The van der Waals surface area contributed by atoms with E-state index in [2.05, 4.69) is 15.7 Å². The van der Waals surface area contributed by atoms with Crippen LogP contribution in [0.1, 0.15) is 40.0 Å². The van der Waals surface area contributed by atoms with Crippen molar-refractivity contribution < 1.29 is 27.4 Å². The van der Waals surface area contributed by atoms with Crippen LogP contribution in [-0.2, 0) is 0 Å². The number of alkyl halides is 3. The van der Waals surface area contributed by atoms with E-state index in [1.54, 1.807) is 30.3 Å². The molecular formula is C23H23F3N4O3. The molecule has 0 radical (unpaired) electrons. The maximum absolute atomic E-state index is 13.9. The number of aryl methyl sites for hydroxylation is 1. The lowest BCUT2D eigenvalue weighted by atomic mass is 9.96. The molecule has 2 atom stereocenters. The Hall–Kier alpha value is -3.69. The number of carbonyl (C=O) groups is 1. The smallest absolute Gasteiger partial charge is 0.410 e. The molecule has 2 heterocycles. The van der Waals surface area contributed by atoms with Crippen molar-refractivity contribution in [2.75, 3.05) is 24.9 Å². The second kappa shape index (κ2) is 8.68. The van der Waals surface area contributed by atoms with E-state index in [0.717, 1.165) is 16.4 Å². The molecule has 10 heteroatoms. The number of nitrogens with one attached hydrogen (secondary N) is 2. The van der Waals surface area contributed by atoms with E-state index in [-0.39, 0.29) is 17.8 Å². The van der Waals surface area contributed by atoms with Crippen LogP contribution in [0.5, 0.6) is 11.5 Å². The Balaban J connectivity index is 1.69. The summed E-state index contributed by atoms with van der Waals surface area (Å²) in [6.45, 7) is 1.90. The minimum atomic E-state index is -4.53. The number of nitrogens with zero attached hydrogens (tertiary/aromatic N) is 2. The number of ether oxygens (including phenoxy) is 2. The van der Waals surface area contributed by atoms with E-state index < -0.39 is 24.2 Å². The Bertz CT molecular complexity index is 1160. The number of aromatic nitrogens is 2. The van der Waals surface area contributed by atoms with Gasteiger partial charge in [-0.3, -0.25) is 4.79 Å². The average molecular weight is 460 g/mol. The maximum atomic E-state index is 13.9. The molecule has 174 valence electrons. The predicted octanol–water partition coefficient (Wildman–Crippen LogP) is 5.12. The zero-order valence-corrected chi connectivity index (χ0v) is 18.2. The SMILES string of the molecule is COc1ccc(OC)c(NC(=O)c2cnn3c2N[C@@H](c2ccc(C)cc2)C[C@H]3C(F)(F)F)c1. The predicted molar refractivity (Wildman–Crippen MR) is 117 cm³/mol. The monoisotopic (exact) mass is 460 g/mol. The average Bonchev–Trinajstić information content (AvgIpc) is 3.22. The van der Waals surface area contributed by atoms with Crippen LogP contribution >= 0.6 is 0 Å².